The molecule has 2 aromatic carbocycles. The van der Waals surface area contributed by atoms with Gasteiger partial charge in [-0.1, -0.05) is 67.0 Å². The van der Waals surface area contributed by atoms with Crippen molar-refractivity contribution in [1.82, 2.24) is 39.7 Å². The number of carbonyl (C=O) groups is 4. The molecule has 2 amide bonds. The van der Waals surface area contributed by atoms with Crippen molar-refractivity contribution in [3.63, 3.8) is 0 Å². The number of carbonyl (C=O) groups excluding carboxylic acids is 4. The molecular formula is C63H75ClN8O8Sn. The number of aliphatic hydroxyl groups is 2. The number of likely N-dealkylation sites (tertiary alicyclic amines) is 2. The van der Waals surface area contributed by atoms with E-state index in [1.807, 2.05) is 30.6 Å². The number of benzene rings is 2. The summed E-state index contributed by atoms with van der Waals surface area (Å²) in [7, 11) is 3.27. The maximum absolute atomic E-state index is 12.4. The van der Waals surface area contributed by atoms with Crippen molar-refractivity contribution in [1.29, 1.82) is 0 Å². The molecule has 16 nitrogen and oxygen atoms in total. The summed E-state index contributed by atoms with van der Waals surface area (Å²) in [5, 5.41) is 21.3. The number of aromatic nitrogens is 6. The first-order chi connectivity index (χ1) is 38.5. The van der Waals surface area contributed by atoms with Crippen molar-refractivity contribution < 1.29 is 38.9 Å². The molecule has 6 heterocycles. The molecule has 0 saturated carbocycles. The third-order valence-electron chi connectivity index (χ3n) is 13.7. The van der Waals surface area contributed by atoms with E-state index in [1.165, 1.54) is 71.4 Å². The first-order valence-electron chi connectivity index (χ1n) is 27.3. The van der Waals surface area contributed by atoms with Crippen molar-refractivity contribution in [3.8, 4) is 57.5 Å². The molecule has 2 atom stereocenters. The van der Waals surface area contributed by atoms with Gasteiger partial charge in [-0.2, -0.15) is 0 Å². The second-order valence-electron chi connectivity index (χ2n) is 19.7. The molecule has 2 N–H and O–H groups in total. The van der Waals surface area contributed by atoms with Crippen LogP contribution in [-0.4, -0.2) is 144 Å². The molecule has 0 radical (unpaired) electrons. The van der Waals surface area contributed by atoms with Crippen molar-refractivity contribution in [2.75, 3.05) is 40.4 Å². The predicted molar refractivity (Wildman–Crippen MR) is 319 cm³/mol. The third-order valence-corrected chi connectivity index (χ3v) is 29.0. The topological polar surface area (TPSA) is 211 Å². The number of amides is 2. The summed E-state index contributed by atoms with van der Waals surface area (Å²) in [6.45, 7) is 11.8. The fraction of sp³-hybridized carbons (Fsp3) is 0.397. The molecule has 4 aromatic heterocycles. The van der Waals surface area contributed by atoms with Gasteiger partial charge in [-0.25, -0.2) is 19.6 Å². The van der Waals surface area contributed by atoms with Crippen LogP contribution >= 0.6 is 11.6 Å². The molecule has 8 rings (SSSR count). The van der Waals surface area contributed by atoms with Crippen molar-refractivity contribution in [2.45, 2.75) is 118 Å². The van der Waals surface area contributed by atoms with E-state index in [0.717, 1.165) is 0 Å². The Morgan fingerprint density at radius 1 is 0.617 bits per heavy atom. The van der Waals surface area contributed by atoms with E-state index < -0.39 is 53.3 Å². The SMILES string of the molecule is C.CCC[CH2][Sn]([CH2]CCC)([CH2]CCC)[c]1cnccn1.CCOC(=O)c1cc(-c2cnccn2)cc(-c2cccc(C#C[C@]3(O)CCN(C)C3=O)c2)n1.CCOC(=O)c1cc(Cl)cc(-c2cccc(C#C[C@]3(O)CCN(C)C3=O)c2)n1. The minimum atomic E-state index is -2.27. The van der Waals surface area contributed by atoms with Gasteiger partial charge in [-0.3, -0.25) is 19.6 Å². The van der Waals surface area contributed by atoms with Crippen LogP contribution in [0.25, 0.3) is 33.8 Å². The van der Waals surface area contributed by atoms with Crippen LogP contribution in [-0.2, 0) is 19.1 Å². The summed E-state index contributed by atoms with van der Waals surface area (Å²) in [6, 6.07) is 20.8. The molecule has 2 aliphatic rings. The van der Waals surface area contributed by atoms with E-state index >= 15 is 0 Å². The quantitative estimate of drug-likeness (QED) is 0.0495. The number of rotatable bonds is 17. The molecule has 6 aromatic rings. The second kappa shape index (κ2) is 31.2. The van der Waals surface area contributed by atoms with Crippen LogP contribution in [0, 0.1) is 23.7 Å². The molecule has 2 aliphatic heterocycles. The molecule has 18 heteroatoms. The zero-order chi connectivity index (χ0) is 57.7. The van der Waals surface area contributed by atoms with E-state index in [-0.39, 0.29) is 44.9 Å². The predicted octanol–water partition coefficient (Wildman–Crippen LogP) is 10.0. The number of pyridine rings is 2. The third kappa shape index (κ3) is 17.7. The van der Waals surface area contributed by atoms with E-state index in [2.05, 4.69) is 75.6 Å². The maximum atomic E-state index is 12.4. The number of hydrogen-bond acceptors (Lipinski definition) is 14. The normalized spacial score (nSPS) is 16.3. The van der Waals surface area contributed by atoms with Gasteiger partial charge in [0.25, 0.3) is 11.8 Å². The van der Waals surface area contributed by atoms with Gasteiger partial charge in [0.15, 0.2) is 5.69 Å². The fourth-order valence-electron chi connectivity index (χ4n) is 9.22. The average Bonchev–Trinajstić information content (AvgIpc) is 3.95. The van der Waals surface area contributed by atoms with Crippen LogP contribution in [0.1, 0.15) is 126 Å². The first kappa shape index (κ1) is 64.7. The van der Waals surface area contributed by atoms with Gasteiger partial charge in [0.1, 0.15) is 5.69 Å². The van der Waals surface area contributed by atoms with Crippen LogP contribution in [0.4, 0.5) is 0 Å². The molecule has 0 bridgehead atoms. The summed E-state index contributed by atoms with van der Waals surface area (Å²) in [6.07, 6.45) is 19.2. The van der Waals surface area contributed by atoms with Crippen molar-refractivity contribution in [3.05, 3.63) is 138 Å². The van der Waals surface area contributed by atoms with Gasteiger partial charge in [0.05, 0.1) is 36.5 Å². The van der Waals surface area contributed by atoms with Gasteiger partial charge < -0.3 is 29.5 Å². The zero-order valence-corrected chi connectivity index (χ0v) is 50.4. The second-order valence-corrected chi connectivity index (χ2v) is 33.2. The molecule has 0 aliphatic carbocycles. The van der Waals surface area contributed by atoms with Crippen LogP contribution in [0.15, 0.2) is 110 Å². The standard InChI is InChI=1S/C25H22N4O4.C21H19ClN2O4.C4H3N2.3C4H9.CH4.Sn/c1-3-33-23(30)21-15-19(22-16-26-10-11-27-22)14-20(28-21)18-6-4-5-17(13-18)7-8-25(32)9-12-29(2)24(25)31;1-3-28-19(25)18-13-16(22)12-17(23-18)15-6-4-5-14(11-15)7-8-21(27)9-10-24(2)20(21)26;1-2-6-4-3-5-1;3*1-3-4-2;;/h4-6,10-11,13-16,32H,3,9,12H2,1-2H3;4-6,11-13,27H,3,9-10H2,1-2H3;1-3H;3*1,3-4H2,2H3;1H4;/t25-;21-;;;;;;/m00....../s1. The molecule has 0 unspecified atom stereocenters. The minimum absolute atomic E-state index is 0. The summed E-state index contributed by atoms with van der Waals surface area (Å²) in [5.74, 6) is 9.29. The number of hydrogen-bond donors (Lipinski definition) is 2. The van der Waals surface area contributed by atoms with Crippen LogP contribution in [0.2, 0.25) is 18.3 Å². The van der Waals surface area contributed by atoms with E-state index in [4.69, 9.17) is 26.1 Å². The van der Waals surface area contributed by atoms with Gasteiger partial charge in [0, 0.05) is 85.3 Å². The molecule has 426 valence electrons. The Morgan fingerprint density at radius 2 is 1.09 bits per heavy atom. The monoisotopic (exact) mass is 1230 g/mol. The van der Waals surface area contributed by atoms with E-state index in [1.54, 1.807) is 95.1 Å². The maximum Gasteiger partial charge on any atom is 0.356 e. The first-order valence-corrected chi connectivity index (χ1v) is 35.2. The smallest absolute Gasteiger partial charge is 0.356 e. The number of esters is 2. The molecular weight excluding hydrogens is 1150 g/mol. The number of unbranched alkanes of at least 4 members (excludes halogenated alkanes) is 3. The number of halogens is 1. The summed E-state index contributed by atoms with van der Waals surface area (Å²) in [5.41, 5.74) is 1.84. The number of ether oxygens (including phenoxy) is 2. The summed E-state index contributed by atoms with van der Waals surface area (Å²) >= 11 is 3.86. The fourth-order valence-corrected chi connectivity index (χ4v) is 24.6. The Bertz CT molecular complexity index is 3200. The largest absolute Gasteiger partial charge is 0.461 e. The average molecular weight is 1230 g/mol. The van der Waals surface area contributed by atoms with Crippen molar-refractivity contribution >= 4 is 57.4 Å². The van der Waals surface area contributed by atoms with Gasteiger partial charge in [-0.05, 0) is 62.4 Å². The Morgan fingerprint density at radius 3 is 1.51 bits per heavy atom. The summed E-state index contributed by atoms with van der Waals surface area (Å²) in [4.78, 5) is 77.8. The zero-order valence-electron chi connectivity index (χ0n) is 46.8. The number of nitrogens with zero attached hydrogens (tertiary/aromatic N) is 8. The Kier molecular flexibility index (Phi) is 24.9. The van der Waals surface area contributed by atoms with Gasteiger partial charge in [0.2, 0.25) is 11.2 Å². The number of likely N-dealkylation sites (N-methyl/N-ethyl adjacent to an activating group) is 2. The minimum Gasteiger partial charge on any atom is -0.461 e. The van der Waals surface area contributed by atoms with Crippen LogP contribution < -0.4 is 3.71 Å². The van der Waals surface area contributed by atoms with Crippen LogP contribution in [0.5, 0.6) is 0 Å². The molecule has 0 spiro atoms. The molecule has 81 heavy (non-hydrogen) atoms. The summed E-state index contributed by atoms with van der Waals surface area (Å²) < 4.78 is 16.0. The molecule has 2 saturated heterocycles. The Balaban J connectivity index is 0.000000230. The van der Waals surface area contributed by atoms with Crippen LogP contribution in [0.3, 0.4) is 0 Å². The van der Waals surface area contributed by atoms with Gasteiger partial charge in [-0.15, -0.1) is 0 Å². The van der Waals surface area contributed by atoms with Crippen molar-refractivity contribution in [2.24, 2.45) is 0 Å². The van der Waals surface area contributed by atoms with E-state index in [0.29, 0.717) is 63.0 Å². The van der Waals surface area contributed by atoms with Gasteiger partial charge >= 0.3 is 135 Å². The Labute approximate surface area is 486 Å². The Hall–Kier alpha value is -7.09. The molecule has 2 fully saturated rings. The van der Waals surface area contributed by atoms with E-state index in [9.17, 15) is 29.4 Å².